The van der Waals surface area contributed by atoms with E-state index < -0.39 is 0 Å². The normalized spacial score (nSPS) is 31.5. The summed E-state index contributed by atoms with van der Waals surface area (Å²) in [5.74, 6) is 0.556. The van der Waals surface area contributed by atoms with E-state index in [1.54, 1.807) is 0 Å². The van der Waals surface area contributed by atoms with Crippen LogP contribution >= 0.6 is 11.3 Å². The summed E-state index contributed by atoms with van der Waals surface area (Å²) in [5.41, 5.74) is 8.36. The van der Waals surface area contributed by atoms with Crippen molar-refractivity contribution >= 4 is 11.3 Å². The van der Waals surface area contributed by atoms with Gasteiger partial charge in [-0.25, -0.2) is 4.98 Å². The minimum absolute atomic E-state index is 0.175. The third-order valence-electron chi connectivity index (χ3n) is 4.99. The zero-order valence-corrected chi connectivity index (χ0v) is 13.3. The van der Waals surface area contributed by atoms with Gasteiger partial charge in [-0.1, -0.05) is 33.6 Å². The Morgan fingerprint density at radius 1 is 1.21 bits per heavy atom. The lowest BCUT2D eigenvalue weighted by Gasteiger charge is -2.46. The lowest BCUT2D eigenvalue weighted by Crippen LogP contribution is -2.51. The SMILES string of the molecule is CC(C)(C)C1CCCCC1(N)c1nc2c(s1)CCC2. The molecule has 1 heterocycles. The van der Waals surface area contributed by atoms with Crippen LogP contribution in [-0.2, 0) is 18.4 Å². The highest BCUT2D eigenvalue weighted by Gasteiger charge is 2.46. The first-order valence-corrected chi connectivity index (χ1v) is 8.51. The van der Waals surface area contributed by atoms with Crippen LogP contribution in [0.25, 0.3) is 0 Å². The molecule has 2 aliphatic carbocycles. The maximum Gasteiger partial charge on any atom is 0.113 e. The van der Waals surface area contributed by atoms with E-state index >= 15 is 0 Å². The first-order valence-electron chi connectivity index (χ1n) is 7.69. The van der Waals surface area contributed by atoms with Crippen LogP contribution in [0, 0.1) is 11.3 Å². The van der Waals surface area contributed by atoms with Crippen LogP contribution < -0.4 is 5.73 Å². The smallest absolute Gasteiger partial charge is 0.113 e. The number of aryl methyl sites for hydroxylation is 2. The zero-order valence-electron chi connectivity index (χ0n) is 12.5. The summed E-state index contributed by atoms with van der Waals surface area (Å²) in [6.45, 7) is 7.02. The highest BCUT2D eigenvalue weighted by Crippen LogP contribution is 2.49. The summed E-state index contributed by atoms with van der Waals surface area (Å²) in [5, 5.41) is 1.23. The second-order valence-corrected chi connectivity index (χ2v) is 8.53. The summed E-state index contributed by atoms with van der Waals surface area (Å²) in [6.07, 6.45) is 8.63. The van der Waals surface area contributed by atoms with E-state index in [0.717, 1.165) is 6.42 Å². The van der Waals surface area contributed by atoms with Crippen molar-refractivity contribution in [2.75, 3.05) is 0 Å². The van der Waals surface area contributed by atoms with E-state index in [-0.39, 0.29) is 11.0 Å². The zero-order chi connectivity index (χ0) is 13.7. The van der Waals surface area contributed by atoms with Crippen molar-refractivity contribution in [3.05, 3.63) is 15.6 Å². The van der Waals surface area contributed by atoms with Gasteiger partial charge in [0.15, 0.2) is 0 Å². The Balaban J connectivity index is 1.98. The Labute approximate surface area is 120 Å². The molecule has 1 saturated carbocycles. The second-order valence-electron chi connectivity index (χ2n) is 7.45. The number of fused-ring (bicyclic) bond motifs is 1. The predicted molar refractivity (Wildman–Crippen MR) is 81.4 cm³/mol. The van der Waals surface area contributed by atoms with Crippen molar-refractivity contribution in [1.29, 1.82) is 0 Å². The molecule has 0 amide bonds. The molecule has 3 heteroatoms. The standard InChI is InChI=1S/C16H26N2S/c1-15(2,3)13-9-4-5-10-16(13,17)14-18-11-7-6-8-12(11)19-14/h13H,4-10,17H2,1-3H3. The minimum Gasteiger partial charge on any atom is -0.319 e. The van der Waals surface area contributed by atoms with Crippen molar-refractivity contribution in [2.24, 2.45) is 17.1 Å². The van der Waals surface area contributed by atoms with Gasteiger partial charge >= 0.3 is 0 Å². The van der Waals surface area contributed by atoms with Gasteiger partial charge in [0.25, 0.3) is 0 Å². The van der Waals surface area contributed by atoms with E-state index in [4.69, 9.17) is 10.7 Å². The van der Waals surface area contributed by atoms with Crippen molar-refractivity contribution < 1.29 is 0 Å². The van der Waals surface area contributed by atoms with Gasteiger partial charge in [-0.3, -0.25) is 0 Å². The fraction of sp³-hybridized carbons (Fsp3) is 0.812. The number of nitrogens with two attached hydrogens (primary N) is 1. The van der Waals surface area contributed by atoms with Crippen molar-refractivity contribution in [3.63, 3.8) is 0 Å². The maximum absolute atomic E-state index is 6.92. The monoisotopic (exact) mass is 278 g/mol. The van der Waals surface area contributed by atoms with Gasteiger partial charge in [0.05, 0.1) is 11.2 Å². The van der Waals surface area contributed by atoms with Crippen LogP contribution in [0.15, 0.2) is 0 Å². The van der Waals surface area contributed by atoms with Crippen molar-refractivity contribution in [3.8, 4) is 0 Å². The molecule has 0 radical (unpaired) electrons. The summed E-state index contributed by atoms with van der Waals surface area (Å²) < 4.78 is 0. The van der Waals surface area contributed by atoms with Gasteiger partial charge in [-0.2, -0.15) is 0 Å². The highest BCUT2D eigenvalue weighted by atomic mass is 32.1. The molecule has 2 unspecified atom stereocenters. The van der Waals surface area contributed by atoms with Crippen LogP contribution in [0.3, 0.4) is 0 Å². The Morgan fingerprint density at radius 2 is 2.00 bits per heavy atom. The van der Waals surface area contributed by atoms with Gasteiger partial charge < -0.3 is 5.73 Å². The molecule has 0 aliphatic heterocycles. The number of hydrogen-bond acceptors (Lipinski definition) is 3. The largest absolute Gasteiger partial charge is 0.319 e. The molecule has 0 saturated heterocycles. The minimum atomic E-state index is -0.175. The van der Waals surface area contributed by atoms with E-state index in [1.165, 1.54) is 54.1 Å². The van der Waals surface area contributed by atoms with E-state index in [9.17, 15) is 0 Å². The number of rotatable bonds is 1. The number of thiazole rings is 1. The topological polar surface area (TPSA) is 38.9 Å². The average molecular weight is 278 g/mol. The van der Waals surface area contributed by atoms with Crippen molar-refractivity contribution in [1.82, 2.24) is 4.98 Å². The summed E-state index contributed by atoms with van der Waals surface area (Å²) in [4.78, 5) is 6.46. The molecule has 2 N–H and O–H groups in total. The van der Waals surface area contributed by atoms with Crippen LogP contribution in [0.4, 0.5) is 0 Å². The fourth-order valence-electron chi connectivity index (χ4n) is 4.05. The Kier molecular flexibility index (Phi) is 3.25. The maximum atomic E-state index is 6.92. The Hall–Kier alpha value is -0.410. The van der Waals surface area contributed by atoms with E-state index in [2.05, 4.69) is 20.8 Å². The quantitative estimate of drug-likeness (QED) is 0.842. The Bertz CT molecular complexity index is 450. The first kappa shape index (κ1) is 13.6. The van der Waals surface area contributed by atoms with Gasteiger partial charge in [0.2, 0.25) is 0 Å². The molecule has 19 heavy (non-hydrogen) atoms. The molecule has 1 aromatic rings. The summed E-state index contributed by atoms with van der Waals surface area (Å²) >= 11 is 1.91. The average Bonchev–Trinajstić information content (AvgIpc) is 2.87. The lowest BCUT2D eigenvalue weighted by molar-refractivity contribution is 0.0775. The van der Waals surface area contributed by atoms with E-state index in [0.29, 0.717) is 5.92 Å². The molecule has 106 valence electrons. The van der Waals surface area contributed by atoms with Crippen LogP contribution in [0.1, 0.15) is 68.5 Å². The summed E-state index contributed by atoms with van der Waals surface area (Å²) in [6, 6.07) is 0. The molecule has 0 aromatic carbocycles. The van der Waals surface area contributed by atoms with Crippen LogP contribution in [0.5, 0.6) is 0 Å². The van der Waals surface area contributed by atoms with Crippen molar-refractivity contribution in [2.45, 2.75) is 71.3 Å². The molecule has 1 aromatic heterocycles. The van der Waals surface area contributed by atoms with E-state index in [1.807, 2.05) is 11.3 Å². The predicted octanol–water partition coefficient (Wildman–Crippen LogP) is 4.02. The third-order valence-corrected chi connectivity index (χ3v) is 6.35. The number of nitrogens with zero attached hydrogens (tertiary/aromatic N) is 1. The molecule has 2 aliphatic rings. The van der Waals surface area contributed by atoms with Gasteiger partial charge in [0.1, 0.15) is 5.01 Å². The van der Waals surface area contributed by atoms with Crippen LogP contribution in [0.2, 0.25) is 0 Å². The molecular formula is C16H26N2S. The van der Waals surface area contributed by atoms with Gasteiger partial charge in [-0.05, 0) is 43.4 Å². The van der Waals surface area contributed by atoms with Gasteiger partial charge in [-0.15, -0.1) is 11.3 Å². The number of aromatic nitrogens is 1. The molecule has 2 nitrogen and oxygen atoms in total. The first-order chi connectivity index (χ1) is 8.91. The fourth-order valence-corrected chi connectivity index (χ4v) is 5.38. The molecule has 0 spiro atoms. The third kappa shape index (κ3) is 2.25. The lowest BCUT2D eigenvalue weighted by atomic mass is 9.62. The Morgan fingerprint density at radius 3 is 2.68 bits per heavy atom. The molecule has 2 atom stereocenters. The van der Waals surface area contributed by atoms with Gasteiger partial charge in [0, 0.05) is 4.88 Å². The van der Waals surface area contributed by atoms with Crippen LogP contribution in [-0.4, -0.2) is 4.98 Å². The molecular weight excluding hydrogens is 252 g/mol. The molecule has 3 rings (SSSR count). The molecule has 0 bridgehead atoms. The second kappa shape index (κ2) is 4.56. The highest BCUT2D eigenvalue weighted by molar-refractivity contribution is 7.12. The number of hydrogen-bond donors (Lipinski definition) is 1. The summed E-state index contributed by atoms with van der Waals surface area (Å²) in [7, 11) is 0. The molecule has 1 fully saturated rings.